The maximum atomic E-state index is 13.0. The highest BCUT2D eigenvalue weighted by atomic mass is 32.2. The minimum absolute atomic E-state index is 0.109. The van der Waals surface area contributed by atoms with Crippen molar-refractivity contribution in [1.82, 2.24) is 14.9 Å². The number of nitrogens with zero attached hydrogens (tertiary/aromatic N) is 1. The monoisotopic (exact) mass is 545 g/mol. The summed E-state index contributed by atoms with van der Waals surface area (Å²) < 4.78 is 37.9. The molecule has 2 aromatic rings. The number of hydrogen-bond donors (Lipinski definition) is 2. The second kappa shape index (κ2) is 13.1. The lowest BCUT2D eigenvalue weighted by Gasteiger charge is -2.32. The first-order valence-electron chi connectivity index (χ1n) is 12.9. The number of hydrogen-bond acceptors (Lipinski definition) is 6. The molecule has 10 heteroatoms. The van der Waals surface area contributed by atoms with Crippen molar-refractivity contribution in [3.8, 4) is 11.5 Å². The van der Waals surface area contributed by atoms with Crippen LogP contribution in [0, 0.1) is 18.8 Å². The molecule has 2 aromatic carbocycles. The van der Waals surface area contributed by atoms with E-state index in [0.29, 0.717) is 37.3 Å². The lowest BCUT2D eigenvalue weighted by atomic mass is 9.95. The summed E-state index contributed by atoms with van der Waals surface area (Å²) in [4.78, 5) is 26.2. The van der Waals surface area contributed by atoms with Gasteiger partial charge in [-0.3, -0.25) is 9.59 Å². The van der Waals surface area contributed by atoms with E-state index in [9.17, 15) is 18.0 Å². The fourth-order valence-electron chi connectivity index (χ4n) is 4.50. The molecule has 1 saturated heterocycles. The Hall–Kier alpha value is -3.11. The second-order valence-corrected chi connectivity index (χ2v) is 11.9. The van der Waals surface area contributed by atoms with Crippen molar-refractivity contribution >= 4 is 21.8 Å². The standard InChI is InChI=1S/C28H39N3O6S/c1-19(2)26(28(33)29-15-12-21-8-11-24(36-4)25(18-21)37-5)30-27(32)22-13-16-31(17-14-22)38(34,35)23-9-6-20(3)7-10-23/h6-11,18-19,22,26H,12-17H2,1-5H3,(H,29,33)(H,30,32). The largest absolute Gasteiger partial charge is 0.493 e. The number of aryl methyl sites for hydroxylation is 1. The minimum atomic E-state index is -3.60. The van der Waals surface area contributed by atoms with Gasteiger partial charge in [0.1, 0.15) is 6.04 Å². The van der Waals surface area contributed by atoms with Gasteiger partial charge in [-0.25, -0.2) is 8.42 Å². The Morgan fingerprint density at radius 2 is 1.63 bits per heavy atom. The molecule has 2 amide bonds. The van der Waals surface area contributed by atoms with E-state index in [2.05, 4.69) is 10.6 Å². The van der Waals surface area contributed by atoms with Crippen molar-refractivity contribution in [2.45, 2.75) is 51.0 Å². The van der Waals surface area contributed by atoms with Crippen molar-refractivity contribution < 1.29 is 27.5 Å². The average molecular weight is 546 g/mol. The second-order valence-electron chi connectivity index (χ2n) is 9.95. The Morgan fingerprint density at radius 3 is 2.21 bits per heavy atom. The van der Waals surface area contributed by atoms with Crippen LogP contribution in [-0.2, 0) is 26.0 Å². The van der Waals surface area contributed by atoms with Crippen molar-refractivity contribution in [2.75, 3.05) is 33.9 Å². The number of amides is 2. The number of piperidine rings is 1. The van der Waals surface area contributed by atoms with E-state index < -0.39 is 16.1 Å². The fourth-order valence-corrected chi connectivity index (χ4v) is 5.97. The van der Waals surface area contributed by atoms with E-state index in [1.807, 2.05) is 39.0 Å². The molecule has 0 radical (unpaired) electrons. The molecule has 1 aliphatic rings. The molecule has 208 valence electrons. The van der Waals surface area contributed by atoms with Crippen LogP contribution in [0.4, 0.5) is 0 Å². The topological polar surface area (TPSA) is 114 Å². The van der Waals surface area contributed by atoms with Gasteiger partial charge in [0, 0.05) is 25.6 Å². The van der Waals surface area contributed by atoms with Gasteiger partial charge in [0.25, 0.3) is 0 Å². The highest BCUT2D eigenvalue weighted by Gasteiger charge is 2.34. The third-order valence-electron chi connectivity index (χ3n) is 6.89. The van der Waals surface area contributed by atoms with Crippen molar-refractivity contribution in [2.24, 2.45) is 11.8 Å². The Bertz CT molecular complexity index is 1210. The lowest BCUT2D eigenvalue weighted by molar-refractivity contribution is -0.132. The number of sulfonamides is 1. The molecule has 3 rings (SSSR count). The predicted molar refractivity (Wildman–Crippen MR) is 146 cm³/mol. The van der Waals surface area contributed by atoms with Gasteiger partial charge in [0.05, 0.1) is 19.1 Å². The molecule has 2 N–H and O–H groups in total. The normalized spacial score (nSPS) is 15.6. The van der Waals surface area contributed by atoms with Gasteiger partial charge in [-0.15, -0.1) is 0 Å². The number of rotatable bonds is 11. The third-order valence-corrected chi connectivity index (χ3v) is 8.80. The highest BCUT2D eigenvalue weighted by molar-refractivity contribution is 7.89. The van der Waals surface area contributed by atoms with E-state index in [-0.39, 0.29) is 41.6 Å². The molecule has 38 heavy (non-hydrogen) atoms. The van der Waals surface area contributed by atoms with Gasteiger partial charge in [-0.2, -0.15) is 4.31 Å². The van der Waals surface area contributed by atoms with Crippen LogP contribution in [0.5, 0.6) is 11.5 Å². The molecule has 1 atom stereocenters. The molecular formula is C28H39N3O6S. The summed E-state index contributed by atoms with van der Waals surface area (Å²) >= 11 is 0. The van der Waals surface area contributed by atoms with Crippen LogP contribution in [0.15, 0.2) is 47.4 Å². The number of nitrogens with one attached hydrogen (secondary N) is 2. The number of carbonyl (C=O) groups excluding carboxylic acids is 2. The third kappa shape index (κ3) is 7.26. The number of carbonyl (C=O) groups is 2. The van der Waals surface area contributed by atoms with Crippen molar-refractivity contribution in [3.63, 3.8) is 0 Å². The zero-order valence-corrected chi connectivity index (χ0v) is 23.6. The van der Waals surface area contributed by atoms with Crippen LogP contribution in [0.2, 0.25) is 0 Å². The summed E-state index contributed by atoms with van der Waals surface area (Å²) in [5, 5.41) is 5.83. The maximum Gasteiger partial charge on any atom is 0.243 e. The molecule has 0 aromatic heterocycles. The Balaban J connectivity index is 1.52. The van der Waals surface area contributed by atoms with E-state index >= 15 is 0 Å². The van der Waals surface area contributed by atoms with Crippen molar-refractivity contribution in [1.29, 1.82) is 0 Å². The molecule has 0 aliphatic carbocycles. The zero-order valence-electron chi connectivity index (χ0n) is 22.8. The smallest absolute Gasteiger partial charge is 0.243 e. The van der Waals surface area contributed by atoms with Gasteiger partial charge in [-0.1, -0.05) is 37.6 Å². The summed E-state index contributed by atoms with van der Waals surface area (Å²) in [7, 11) is -0.443. The van der Waals surface area contributed by atoms with Gasteiger partial charge in [0.15, 0.2) is 11.5 Å². The first kappa shape index (κ1) is 29.4. The minimum Gasteiger partial charge on any atom is -0.493 e. The lowest BCUT2D eigenvalue weighted by Crippen LogP contribution is -2.52. The quantitative estimate of drug-likeness (QED) is 0.449. The number of ether oxygens (including phenoxy) is 2. The molecule has 1 aliphatic heterocycles. The molecule has 9 nitrogen and oxygen atoms in total. The molecule has 0 saturated carbocycles. The fraction of sp³-hybridized carbons (Fsp3) is 0.500. The zero-order chi connectivity index (χ0) is 27.9. The molecular weight excluding hydrogens is 506 g/mol. The van der Waals surface area contributed by atoms with E-state index in [1.165, 1.54) is 4.31 Å². The van der Waals surface area contributed by atoms with Crippen LogP contribution >= 0.6 is 0 Å². The van der Waals surface area contributed by atoms with Crippen LogP contribution < -0.4 is 20.1 Å². The highest BCUT2D eigenvalue weighted by Crippen LogP contribution is 2.28. The van der Waals surface area contributed by atoms with Crippen LogP contribution in [-0.4, -0.2) is 64.4 Å². The summed E-state index contributed by atoms with van der Waals surface area (Å²) in [6.45, 7) is 6.60. The summed E-state index contributed by atoms with van der Waals surface area (Å²) in [5.74, 6) is 0.351. The first-order valence-corrected chi connectivity index (χ1v) is 14.4. The molecule has 0 spiro atoms. The molecule has 1 unspecified atom stereocenters. The maximum absolute atomic E-state index is 13.0. The van der Waals surface area contributed by atoms with E-state index in [1.54, 1.807) is 38.5 Å². The number of benzene rings is 2. The van der Waals surface area contributed by atoms with Gasteiger partial charge < -0.3 is 20.1 Å². The average Bonchev–Trinajstić information content (AvgIpc) is 2.91. The summed E-state index contributed by atoms with van der Waals surface area (Å²) in [6.07, 6.45) is 1.41. The van der Waals surface area contributed by atoms with Crippen LogP contribution in [0.25, 0.3) is 0 Å². The Labute approximate surface area is 225 Å². The van der Waals surface area contributed by atoms with Gasteiger partial charge in [-0.05, 0) is 61.9 Å². The van der Waals surface area contributed by atoms with E-state index in [0.717, 1.165) is 11.1 Å². The Kier molecular flexibility index (Phi) is 10.2. The van der Waals surface area contributed by atoms with Gasteiger partial charge >= 0.3 is 0 Å². The number of methoxy groups -OCH3 is 2. The summed E-state index contributed by atoms with van der Waals surface area (Å²) in [5.41, 5.74) is 1.98. The summed E-state index contributed by atoms with van der Waals surface area (Å²) in [6, 6.07) is 11.7. The van der Waals surface area contributed by atoms with Crippen LogP contribution in [0.1, 0.15) is 37.8 Å². The molecule has 1 heterocycles. The van der Waals surface area contributed by atoms with E-state index in [4.69, 9.17) is 9.47 Å². The van der Waals surface area contributed by atoms with Gasteiger partial charge in [0.2, 0.25) is 21.8 Å². The predicted octanol–water partition coefficient (Wildman–Crippen LogP) is 2.91. The van der Waals surface area contributed by atoms with Crippen molar-refractivity contribution in [3.05, 3.63) is 53.6 Å². The molecule has 1 fully saturated rings. The SMILES string of the molecule is COc1ccc(CCNC(=O)C(NC(=O)C2CCN(S(=O)(=O)c3ccc(C)cc3)CC2)C(C)C)cc1OC. The Morgan fingerprint density at radius 1 is 1.00 bits per heavy atom. The van der Waals surface area contributed by atoms with Crippen LogP contribution in [0.3, 0.4) is 0 Å². The first-order chi connectivity index (χ1) is 18.1. The molecule has 0 bridgehead atoms.